The summed E-state index contributed by atoms with van der Waals surface area (Å²) in [7, 11) is 1.67. The maximum atomic E-state index is 13.2. The first-order valence-electron chi connectivity index (χ1n) is 12.1. The van der Waals surface area contributed by atoms with E-state index < -0.39 is 11.9 Å². The number of carbonyl (C=O) groups excluding carboxylic acids is 1. The molecule has 36 heavy (non-hydrogen) atoms. The maximum Gasteiger partial charge on any atom is 0.328 e. The number of rotatable bonds is 9. The van der Waals surface area contributed by atoms with Crippen LogP contribution in [-0.2, 0) is 14.4 Å². The van der Waals surface area contributed by atoms with Crippen LogP contribution in [0.4, 0.5) is 5.69 Å². The maximum absolute atomic E-state index is 13.2. The number of nitrogens with one attached hydrogen (secondary N) is 1. The van der Waals surface area contributed by atoms with E-state index in [2.05, 4.69) is 41.4 Å². The minimum Gasteiger partial charge on any atom is -0.497 e. The third-order valence-corrected chi connectivity index (χ3v) is 6.27. The van der Waals surface area contributed by atoms with Gasteiger partial charge in [0.25, 0.3) is 0 Å². The second-order valence-corrected chi connectivity index (χ2v) is 8.61. The molecule has 1 amide bonds. The highest BCUT2D eigenvalue weighted by Gasteiger charge is 2.36. The molecule has 0 bridgehead atoms. The van der Waals surface area contributed by atoms with E-state index in [4.69, 9.17) is 14.9 Å². The number of carboxylic acid groups (broad SMARTS) is 2. The van der Waals surface area contributed by atoms with Crippen molar-refractivity contribution in [1.82, 2.24) is 5.32 Å². The standard InChI is InChI=1S/C24H32N2O2.C4H4O4/c1-4-23(27)26(21-11-8-12-22(17-21)28-3)24(20-13-15-25-16-14-20)18(2)19-9-6-5-7-10-19;5-3(6)1-2-4(7)8/h5-12,17-18,20,24-25H,4,13-16H2,1-3H3;1-2H,(H,5,6)(H,7,8)/b;2-1+. The molecular formula is C28H36N2O6. The number of piperidine rings is 1. The topological polar surface area (TPSA) is 116 Å². The second kappa shape index (κ2) is 14.7. The fourth-order valence-electron chi connectivity index (χ4n) is 4.54. The van der Waals surface area contributed by atoms with Gasteiger partial charge in [-0.25, -0.2) is 9.59 Å². The smallest absolute Gasteiger partial charge is 0.328 e. The van der Waals surface area contributed by atoms with Gasteiger partial charge >= 0.3 is 11.9 Å². The summed E-state index contributed by atoms with van der Waals surface area (Å²) in [5, 5.41) is 19.1. The van der Waals surface area contributed by atoms with E-state index in [-0.39, 0.29) is 17.9 Å². The monoisotopic (exact) mass is 496 g/mol. The predicted octanol–water partition coefficient (Wildman–Crippen LogP) is 4.32. The first kappa shape index (κ1) is 28.6. The number of hydrogen-bond acceptors (Lipinski definition) is 5. The summed E-state index contributed by atoms with van der Waals surface area (Å²) in [5.41, 5.74) is 2.21. The first-order valence-corrected chi connectivity index (χ1v) is 12.1. The highest BCUT2D eigenvalue weighted by Crippen LogP contribution is 2.37. The van der Waals surface area contributed by atoms with Crippen LogP contribution < -0.4 is 15.0 Å². The van der Waals surface area contributed by atoms with Crippen molar-refractivity contribution >= 4 is 23.5 Å². The highest BCUT2D eigenvalue weighted by molar-refractivity contribution is 5.94. The van der Waals surface area contributed by atoms with Crippen molar-refractivity contribution in [3.8, 4) is 5.75 Å². The molecule has 2 atom stereocenters. The third-order valence-electron chi connectivity index (χ3n) is 6.27. The Morgan fingerprint density at radius 3 is 2.17 bits per heavy atom. The summed E-state index contributed by atoms with van der Waals surface area (Å²) >= 11 is 0. The quantitative estimate of drug-likeness (QED) is 0.443. The van der Waals surface area contributed by atoms with Crippen LogP contribution in [-0.4, -0.2) is 54.3 Å². The number of ether oxygens (including phenoxy) is 1. The molecule has 1 aliphatic rings. The van der Waals surface area contributed by atoms with Gasteiger partial charge < -0.3 is 25.2 Å². The third kappa shape index (κ3) is 8.53. The molecule has 0 radical (unpaired) electrons. The van der Waals surface area contributed by atoms with Crippen molar-refractivity contribution in [2.45, 2.75) is 45.1 Å². The lowest BCUT2D eigenvalue weighted by molar-refractivity contribution is -0.134. The van der Waals surface area contributed by atoms with Gasteiger partial charge in [0, 0.05) is 42.3 Å². The molecule has 2 aromatic carbocycles. The molecule has 0 spiro atoms. The first-order chi connectivity index (χ1) is 17.3. The van der Waals surface area contributed by atoms with E-state index in [0.717, 1.165) is 37.4 Å². The van der Waals surface area contributed by atoms with Gasteiger partial charge in [0.1, 0.15) is 5.75 Å². The van der Waals surface area contributed by atoms with Gasteiger partial charge in [-0.3, -0.25) is 4.79 Å². The molecule has 8 heteroatoms. The van der Waals surface area contributed by atoms with Crippen molar-refractivity contribution in [3.63, 3.8) is 0 Å². The molecule has 2 unspecified atom stereocenters. The lowest BCUT2D eigenvalue weighted by Gasteiger charge is -2.42. The van der Waals surface area contributed by atoms with Crippen LogP contribution in [0.1, 0.15) is 44.6 Å². The molecule has 0 aliphatic carbocycles. The Bertz CT molecular complexity index is 1000. The molecule has 1 saturated heterocycles. The Kier molecular flexibility index (Phi) is 11.7. The van der Waals surface area contributed by atoms with Gasteiger partial charge in [-0.05, 0) is 49.5 Å². The largest absolute Gasteiger partial charge is 0.497 e. The van der Waals surface area contributed by atoms with Crippen molar-refractivity contribution in [2.24, 2.45) is 5.92 Å². The van der Waals surface area contributed by atoms with Gasteiger partial charge in [-0.2, -0.15) is 0 Å². The number of aliphatic carboxylic acids is 2. The number of nitrogens with zero attached hydrogens (tertiary/aromatic N) is 1. The number of carbonyl (C=O) groups is 3. The Labute approximate surface area is 212 Å². The van der Waals surface area contributed by atoms with Crippen LogP contribution in [0, 0.1) is 5.92 Å². The van der Waals surface area contributed by atoms with Crippen molar-refractivity contribution in [2.75, 3.05) is 25.1 Å². The summed E-state index contributed by atoms with van der Waals surface area (Å²) in [6.07, 6.45) is 3.77. The van der Waals surface area contributed by atoms with Crippen LogP contribution in [0.2, 0.25) is 0 Å². The molecule has 3 rings (SSSR count). The zero-order valence-electron chi connectivity index (χ0n) is 21.1. The number of amides is 1. The zero-order valence-corrected chi connectivity index (χ0v) is 21.1. The highest BCUT2D eigenvalue weighted by atomic mass is 16.5. The lowest BCUT2D eigenvalue weighted by atomic mass is 9.79. The fraction of sp³-hybridized carbons (Fsp3) is 0.393. The van der Waals surface area contributed by atoms with Crippen molar-refractivity contribution < 1.29 is 29.3 Å². The van der Waals surface area contributed by atoms with Crippen LogP contribution in [0.3, 0.4) is 0 Å². The average molecular weight is 497 g/mol. The predicted molar refractivity (Wildman–Crippen MR) is 139 cm³/mol. The van der Waals surface area contributed by atoms with Gasteiger partial charge in [0.2, 0.25) is 5.91 Å². The number of hydrogen-bond donors (Lipinski definition) is 3. The number of anilines is 1. The number of benzene rings is 2. The molecule has 1 fully saturated rings. The molecule has 3 N–H and O–H groups in total. The molecule has 2 aromatic rings. The summed E-state index contributed by atoms with van der Waals surface area (Å²) in [4.78, 5) is 34.4. The van der Waals surface area contributed by atoms with E-state index in [1.807, 2.05) is 37.3 Å². The fourth-order valence-corrected chi connectivity index (χ4v) is 4.54. The van der Waals surface area contributed by atoms with E-state index in [0.29, 0.717) is 24.5 Å². The van der Waals surface area contributed by atoms with Crippen LogP contribution in [0.5, 0.6) is 5.75 Å². The molecular weight excluding hydrogens is 460 g/mol. The van der Waals surface area contributed by atoms with E-state index >= 15 is 0 Å². The molecule has 0 saturated carbocycles. The number of carboxylic acids is 2. The van der Waals surface area contributed by atoms with Gasteiger partial charge in [0.15, 0.2) is 0 Å². The van der Waals surface area contributed by atoms with Gasteiger partial charge in [0.05, 0.1) is 7.11 Å². The Balaban J connectivity index is 0.000000493. The normalized spacial score (nSPS) is 15.3. The van der Waals surface area contributed by atoms with Crippen LogP contribution >= 0.6 is 0 Å². The van der Waals surface area contributed by atoms with Crippen molar-refractivity contribution in [3.05, 3.63) is 72.3 Å². The van der Waals surface area contributed by atoms with Crippen molar-refractivity contribution in [1.29, 1.82) is 0 Å². The summed E-state index contributed by atoms with van der Waals surface area (Å²) in [5.74, 6) is -0.869. The molecule has 0 aromatic heterocycles. The summed E-state index contributed by atoms with van der Waals surface area (Å²) in [6, 6.07) is 18.6. The van der Waals surface area contributed by atoms with Gasteiger partial charge in [-0.1, -0.05) is 50.2 Å². The van der Waals surface area contributed by atoms with E-state index in [9.17, 15) is 14.4 Å². The summed E-state index contributed by atoms with van der Waals surface area (Å²) in [6.45, 7) is 6.23. The molecule has 194 valence electrons. The van der Waals surface area contributed by atoms with Crippen LogP contribution in [0.15, 0.2) is 66.7 Å². The Morgan fingerprint density at radius 1 is 1.03 bits per heavy atom. The molecule has 1 aliphatic heterocycles. The van der Waals surface area contributed by atoms with Gasteiger partial charge in [-0.15, -0.1) is 0 Å². The van der Waals surface area contributed by atoms with E-state index in [1.54, 1.807) is 7.11 Å². The van der Waals surface area contributed by atoms with E-state index in [1.165, 1.54) is 5.56 Å². The molecule has 1 heterocycles. The zero-order chi connectivity index (χ0) is 26.5. The summed E-state index contributed by atoms with van der Waals surface area (Å²) < 4.78 is 5.44. The minimum atomic E-state index is -1.26. The Hall–Kier alpha value is -3.65. The Morgan fingerprint density at radius 2 is 1.64 bits per heavy atom. The second-order valence-electron chi connectivity index (χ2n) is 8.61. The average Bonchev–Trinajstić information content (AvgIpc) is 2.91. The number of methoxy groups -OCH3 is 1. The molecule has 8 nitrogen and oxygen atoms in total. The lowest BCUT2D eigenvalue weighted by Crippen LogP contribution is -2.50. The van der Waals surface area contributed by atoms with Crippen LogP contribution in [0.25, 0.3) is 0 Å². The minimum absolute atomic E-state index is 0.115. The SMILES string of the molecule is CCC(=O)N(c1cccc(OC)c1)C(C1CCNCC1)C(C)c1ccccc1.O=C(O)/C=C/C(=O)O.